The molecule has 9 nitrogen and oxygen atoms in total. The maximum absolute atomic E-state index is 12.5. The molecular formula is C40H46N8O. The van der Waals surface area contributed by atoms with E-state index in [2.05, 4.69) is 43.2 Å². The first-order valence-corrected chi connectivity index (χ1v) is 16.4. The molecule has 0 unspecified atom stereocenters. The predicted molar refractivity (Wildman–Crippen MR) is 197 cm³/mol. The zero-order chi connectivity index (χ0) is 33.0. The number of fused-ring (bicyclic) bond motifs is 2. The van der Waals surface area contributed by atoms with Gasteiger partial charge in [-0.25, -0.2) is 4.79 Å². The van der Waals surface area contributed by atoms with Gasteiger partial charge in [0.2, 0.25) is 0 Å². The molecule has 0 saturated carbocycles. The number of hydrogen-bond donors (Lipinski definition) is 5. The van der Waals surface area contributed by atoms with Crippen molar-refractivity contribution in [2.24, 2.45) is 5.73 Å². The Morgan fingerprint density at radius 3 is 1.76 bits per heavy atom. The van der Waals surface area contributed by atoms with Crippen LogP contribution in [0.2, 0.25) is 0 Å². The first-order valence-electron chi connectivity index (χ1n) is 16.4. The third kappa shape index (κ3) is 9.10. The minimum atomic E-state index is -0.0327. The van der Waals surface area contributed by atoms with Crippen molar-refractivity contribution >= 4 is 6.03 Å². The lowest BCUT2D eigenvalue weighted by atomic mass is 10.0. The first kappa shape index (κ1) is 34.8. The van der Waals surface area contributed by atoms with Crippen LogP contribution in [0, 0.1) is 0 Å². The quantitative estimate of drug-likeness (QED) is 0.139. The Balaban J connectivity index is 0.000000164. The Hall–Kier alpha value is -5.51. The number of rotatable bonds is 5. The van der Waals surface area contributed by atoms with E-state index in [1.54, 1.807) is 0 Å². The summed E-state index contributed by atoms with van der Waals surface area (Å²) in [6.07, 6.45) is 1.85. The normalized spacial score (nSPS) is 12.9. The van der Waals surface area contributed by atoms with Crippen LogP contribution >= 0.6 is 0 Å². The third-order valence-corrected chi connectivity index (χ3v) is 8.49. The van der Waals surface area contributed by atoms with E-state index in [0.717, 1.165) is 59.7 Å². The van der Waals surface area contributed by atoms with E-state index in [0.29, 0.717) is 26.2 Å². The summed E-state index contributed by atoms with van der Waals surface area (Å²) in [6, 6.07) is 40.3. The van der Waals surface area contributed by atoms with Gasteiger partial charge in [-0.05, 0) is 11.1 Å². The highest BCUT2D eigenvalue weighted by atomic mass is 16.2. The number of carbonyl (C=O) groups excluding carboxylic acids is 1. The van der Waals surface area contributed by atoms with Gasteiger partial charge in [0.25, 0.3) is 0 Å². The molecule has 8 rings (SSSR count). The van der Waals surface area contributed by atoms with Crippen LogP contribution in [0.3, 0.4) is 0 Å². The molecule has 2 aliphatic heterocycles. The minimum absolute atomic E-state index is 0. The second-order valence-corrected chi connectivity index (χ2v) is 11.7. The highest BCUT2D eigenvalue weighted by molar-refractivity contribution is 5.75. The Bertz CT molecular complexity index is 1850. The summed E-state index contributed by atoms with van der Waals surface area (Å²) in [4.78, 5) is 14.4. The monoisotopic (exact) mass is 654 g/mol. The average molecular weight is 655 g/mol. The van der Waals surface area contributed by atoms with Gasteiger partial charge in [0, 0.05) is 79.2 Å². The molecule has 0 spiro atoms. The van der Waals surface area contributed by atoms with Crippen molar-refractivity contribution in [3.8, 4) is 22.5 Å². The highest BCUT2D eigenvalue weighted by Crippen LogP contribution is 2.28. The number of hydrogen-bond acceptors (Lipinski definition) is 5. The van der Waals surface area contributed by atoms with E-state index in [1.807, 2.05) is 114 Å². The number of urea groups is 1. The fourth-order valence-corrected chi connectivity index (χ4v) is 5.86. The first-order chi connectivity index (χ1) is 23.7. The molecule has 6 aromatic rings. The molecule has 0 saturated heterocycles. The van der Waals surface area contributed by atoms with E-state index in [9.17, 15) is 4.79 Å². The lowest BCUT2D eigenvalue weighted by molar-refractivity contribution is 0.192. The summed E-state index contributed by atoms with van der Waals surface area (Å²) in [5, 5.41) is 21.5. The van der Waals surface area contributed by atoms with Gasteiger partial charge in [-0.3, -0.25) is 10.2 Å². The maximum atomic E-state index is 12.5. The number of carbonyl (C=O) groups is 1. The van der Waals surface area contributed by atoms with E-state index in [1.165, 1.54) is 22.4 Å². The topological polar surface area (TPSA) is 128 Å². The SMILES string of the molecule is C.NCc1ccccc1.O=C(NCc1ccccc1)N1CCc2[nH]nc(-c3ccccc3)c2C1.c1ccc(-c2n[nH]c3c2CNCC3)cc1. The Morgan fingerprint density at radius 1 is 0.694 bits per heavy atom. The molecule has 4 heterocycles. The van der Waals surface area contributed by atoms with Gasteiger partial charge < -0.3 is 21.3 Å². The molecule has 252 valence electrons. The molecule has 2 aliphatic rings. The number of nitrogens with one attached hydrogen (secondary N) is 4. The zero-order valence-electron chi connectivity index (χ0n) is 27.0. The van der Waals surface area contributed by atoms with Crippen LogP contribution in [0.15, 0.2) is 121 Å². The van der Waals surface area contributed by atoms with Crippen LogP contribution in [0.25, 0.3) is 22.5 Å². The molecule has 6 N–H and O–H groups in total. The smallest absolute Gasteiger partial charge is 0.317 e. The van der Waals surface area contributed by atoms with E-state index < -0.39 is 0 Å². The number of aromatic nitrogens is 4. The molecule has 4 aromatic carbocycles. The Labute approximate surface area is 289 Å². The molecular weight excluding hydrogens is 608 g/mol. The minimum Gasteiger partial charge on any atom is -0.334 e. The fraction of sp³-hybridized carbons (Fsp3) is 0.225. The molecule has 0 fully saturated rings. The van der Waals surface area contributed by atoms with Gasteiger partial charge in [0.05, 0.1) is 17.9 Å². The highest BCUT2D eigenvalue weighted by Gasteiger charge is 2.25. The van der Waals surface area contributed by atoms with Crippen LogP contribution in [-0.2, 0) is 39.0 Å². The summed E-state index contributed by atoms with van der Waals surface area (Å²) in [7, 11) is 0. The lowest BCUT2D eigenvalue weighted by Gasteiger charge is -2.27. The fourth-order valence-electron chi connectivity index (χ4n) is 5.86. The zero-order valence-corrected chi connectivity index (χ0v) is 27.0. The number of nitrogens with two attached hydrogens (primary N) is 1. The summed E-state index contributed by atoms with van der Waals surface area (Å²) < 4.78 is 0. The van der Waals surface area contributed by atoms with Crippen LogP contribution in [-0.4, -0.2) is 44.4 Å². The molecule has 2 amide bonds. The van der Waals surface area contributed by atoms with Gasteiger partial charge in [-0.15, -0.1) is 0 Å². The molecule has 49 heavy (non-hydrogen) atoms. The summed E-state index contributed by atoms with van der Waals surface area (Å²) in [6.45, 7) is 4.43. The van der Waals surface area contributed by atoms with Crippen molar-refractivity contribution < 1.29 is 4.79 Å². The van der Waals surface area contributed by atoms with Crippen molar-refractivity contribution in [1.82, 2.24) is 35.9 Å². The molecule has 2 aromatic heterocycles. The number of aromatic amines is 2. The van der Waals surface area contributed by atoms with Crippen LogP contribution in [0.4, 0.5) is 4.79 Å². The average Bonchev–Trinajstić information content (AvgIpc) is 3.80. The second-order valence-electron chi connectivity index (χ2n) is 11.7. The molecule has 0 bridgehead atoms. The maximum Gasteiger partial charge on any atom is 0.317 e. The summed E-state index contributed by atoms with van der Waals surface area (Å²) in [5.74, 6) is 0. The molecule has 9 heteroatoms. The van der Waals surface area contributed by atoms with Crippen molar-refractivity contribution in [1.29, 1.82) is 0 Å². The molecule has 0 radical (unpaired) electrons. The summed E-state index contributed by atoms with van der Waals surface area (Å²) >= 11 is 0. The van der Waals surface area contributed by atoms with E-state index in [-0.39, 0.29) is 13.5 Å². The van der Waals surface area contributed by atoms with Crippen molar-refractivity contribution in [3.63, 3.8) is 0 Å². The number of nitrogens with zero attached hydrogens (tertiary/aromatic N) is 3. The van der Waals surface area contributed by atoms with Crippen LogP contribution in [0.5, 0.6) is 0 Å². The largest absolute Gasteiger partial charge is 0.334 e. The van der Waals surface area contributed by atoms with Gasteiger partial charge in [0.15, 0.2) is 0 Å². The number of benzene rings is 4. The number of H-pyrrole nitrogens is 2. The van der Waals surface area contributed by atoms with Gasteiger partial charge in [-0.1, -0.05) is 129 Å². The standard InChI is InChI=1S/C20H20N4O.C12H13N3.C7H9N.CH4/c25-20(21-13-15-7-3-1-4-8-15)24-12-11-18-17(14-24)19(23-22-18)16-9-5-2-6-10-16;1-2-4-9(5-3-1)12-10-8-13-7-6-11(10)14-15-12;8-6-7-4-2-1-3-5-7;/h1-10H,11-14H2,(H,21,25)(H,22,23);1-5,13H,6-8H2,(H,14,15);1-5H,6,8H2;1H4. The number of amides is 2. The molecule has 0 aliphatic carbocycles. The summed E-state index contributed by atoms with van der Waals surface area (Å²) in [5.41, 5.74) is 16.8. The Kier molecular flexibility index (Phi) is 12.5. The van der Waals surface area contributed by atoms with Crippen molar-refractivity contribution in [2.75, 3.05) is 13.1 Å². The van der Waals surface area contributed by atoms with Gasteiger partial charge in [-0.2, -0.15) is 10.2 Å². The van der Waals surface area contributed by atoms with Crippen LogP contribution < -0.4 is 16.4 Å². The lowest BCUT2D eigenvalue weighted by Crippen LogP contribution is -2.42. The molecule has 0 atom stereocenters. The Morgan fingerprint density at radius 2 is 1.20 bits per heavy atom. The van der Waals surface area contributed by atoms with Crippen LogP contribution in [0.1, 0.15) is 41.1 Å². The third-order valence-electron chi connectivity index (χ3n) is 8.49. The second kappa shape index (κ2) is 17.6. The van der Waals surface area contributed by atoms with Crippen molar-refractivity contribution in [2.45, 2.75) is 46.4 Å². The van der Waals surface area contributed by atoms with Gasteiger partial charge in [0.1, 0.15) is 0 Å². The predicted octanol–water partition coefficient (Wildman–Crippen LogP) is 6.85. The van der Waals surface area contributed by atoms with E-state index in [4.69, 9.17) is 5.73 Å². The van der Waals surface area contributed by atoms with E-state index >= 15 is 0 Å². The van der Waals surface area contributed by atoms with Crippen molar-refractivity contribution in [3.05, 3.63) is 155 Å². The van der Waals surface area contributed by atoms with Gasteiger partial charge >= 0.3 is 6.03 Å².